The van der Waals surface area contributed by atoms with Crippen molar-refractivity contribution in [3.05, 3.63) is 81.5 Å². The first-order chi connectivity index (χ1) is 16.1. The minimum atomic E-state index is -0.891. The van der Waals surface area contributed by atoms with Gasteiger partial charge in [-0.25, -0.2) is 0 Å². The van der Waals surface area contributed by atoms with Crippen LogP contribution in [0.1, 0.15) is 50.6 Å². The molecule has 0 saturated carbocycles. The molecule has 0 radical (unpaired) electrons. The first-order valence-corrected chi connectivity index (χ1v) is 11.7. The van der Waals surface area contributed by atoms with Crippen molar-refractivity contribution >= 4 is 39.2 Å². The van der Waals surface area contributed by atoms with Gasteiger partial charge in [-0.15, -0.1) is 0 Å². The van der Waals surface area contributed by atoms with Gasteiger partial charge in [-0.2, -0.15) is 0 Å². The van der Waals surface area contributed by atoms with Crippen LogP contribution in [0, 0.1) is 0 Å². The number of hydrogen-bond donors (Lipinski definition) is 1. The van der Waals surface area contributed by atoms with Gasteiger partial charge in [0.1, 0.15) is 17.3 Å². The van der Waals surface area contributed by atoms with Crippen molar-refractivity contribution in [3.63, 3.8) is 0 Å². The molecule has 8 heteroatoms. The molecule has 3 aromatic rings. The van der Waals surface area contributed by atoms with Crippen LogP contribution in [0.25, 0.3) is 5.76 Å². The molecule has 1 aliphatic rings. The highest BCUT2D eigenvalue weighted by molar-refractivity contribution is 9.10. The van der Waals surface area contributed by atoms with Crippen molar-refractivity contribution < 1.29 is 24.0 Å². The van der Waals surface area contributed by atoms with Crippen molar-refractivity contribution in [2.24, 2.45) is 0 Å². The van der Waals surface area contributed by atoms with Crippen molar-refractivity contribution in [2.45, 2.75) is 39.2 Å². The van der Waals surface area contributed by atoms with Crippen molar-refractivity contribution in [1.29, 1.82) is 0 Å². The number of anilines is 1. The van der Waals surface area contributed by atoms with Crippen LogP contribution in [0.2, 0.25) is 0 Å². The quantitative estimate of drug-likeness (QED) is 0.259. The Bertz CT molecular complexity index is 1250. The molecule has 0 spiro atoms. The summed E-state index contributed by atoms with van der Waals surface area (Å²) < 4.78 is 11.9. The van der Waals surface area contributed by atoms with Crippen LogP contribution in [0.5, 0.6) is 5.75 Å². The SMILES string of the molecule is CCOc1ccc([C@@H]2C(=C(O)c3ccc(Br)cc3)C(=O)C(=O)N2c2cc(C(C)(C)C)on2)cc1. The first kappa shape index (κ1) is 23.8. The summed E-state index contributed by atoms with van der Waals surface area (Å²) in [7, 11) is 0. The Morgan fingerprint density at radius 2 is 1.76 bits per heavy atom. The van der Waals surface area contributed by atoms with Gasteiger partial charge in [0, 0.05) is 21.5 Å². The molecule has 1 N–H and O–H groups in total. The molecule has 0 unspecified atom stereocenters. The van der Waals surface area contributed by atoms with Crippen molar-refractivity contribution in [3.8, 4) is 5.75 Å². The fraction of sp³-hybridized carbons (Fsp3) is 0.269. The summed E-state index contributed by atoms with van der Waals surface area (Å²) in [5.74, 6) is -0.395. The van der Waals surface area contributed by atoms with E-state index in [0.717, 1.165) is 4.47 Å². The van der Waals surface area contributed by atoms with Crippen molar-refractivity contribution in [2.75, 3.05) is 11.5 Å². The second-order valence-corrected chi connectivity index (χ2v) is 9.89. The number of aliphatic hydroxyl groups is 1. The maximum absolute atomic E-state index is 13.2. The van der Waals surface area contributed by atoms with Gasteiger partial charge >= 0.3 is 5.91 Å². The molecule has 1 aliphatic heterocycles. The number of ketones is 1. The molecule has 1 saturated heterocycles. The second kappa shape index (κ2) is 9.10. The van der Waals surface area contributed by atoms with E-state index in [4.69, 9.17) is 9.26 Å². The lowest BCUT2D eigenvalue weighted by molar-refractivity contribution is -0.132. The van der Waals surface area contributed by atoms with E-state index in [1.165, 1.54) is 4.90 Å². The Hall–Kier alpha value is -3.39. The van der Waals surface area contributed by atoms with Gasteiger partial charge in [-0.05, 0) is 36.8 Å². The van der Waals surface area contributed by atoms with Crippen LogP contribution in [0.3, 0.4) is 0 Å². The van der Waals surface area contributed by atoms with E-state index in [9.17, 15) is 14.7 Å². The minimum Gasteiger partial charge on any atom is -0.507 e. The zero-order chi connectivity index (χ0) is 24.6. The zero-order valence-electron chi connectivity index (χ0n) is 19.3. The predicted molar refractivity (Wildman–Crippen MR) is 132 cm³/mol. The van der Waals surface area contributed by atoms with Gasteiger partial charge in [0.2, 0.25) is 0 Å². The van der Waals surface area contributed by atoms with Gasteiger partial charge in [0.25, 0.3) is 5.78 Å². The van der Waals surface area contributed by atoms with Gasteiger partial charge in [0.05, 0.1) is 18.2 Å². The number of ether oxygens (including phenoxy) is 1. The number of halogens is 1. The monoisotopic (exact) mass is 524 g/mol. The molecular weight excluding hydrogens is 500 g/mol. The van der Waals surface area contributed by atoms with E-state index in [0.29, 0.717) is 29.2 Å². The number of aliphatic hydroxyl groups excluding tert-OH is 1. The molecule has 1 aromatic heterocycles. The normalized spacial score (nSPS) is 17.9. The summed E-state index contributed by atoms with van der Waals surface area (Å²) in [6.07, 6.45) is 0. The molecule has 2 aromatic carbocycles. The number of rotatable bonds is 5. The largest absolute Gasteiger partial charge is 0.507 e. The highest BCUT2D eigenvalue weighted by Crippen LogP contribution is 2.43. The lowest BCUT2D eigenvalue weighted by atomic mass is 9.93. The van der Waals surface area contributed by atoms with Crippen LogP contribution in [-0.4, -0.2) is 28.6 Å². The average molecular weight is 525 g/mol. The zero-order valence-corrected chi connectivity index (χ0v) is 20.9. The van der Waals surface area contributed by atoms with Gasteiger partial charge < -0.3 is 14.4 Å². The molecule has 0 bridgehead atoms. The highest BCUT2D eigenvalue weighted by atomic mass is 79.9. The molecule has 34 heavy (non-hydrogen) atoms. The summed E-state index contributed by atoms with van der Waals surface area (Å²) in [5.41, 5.74) is 0.691. The third kappa shape index (κ3) is 4.37. The van der Waals surface area contributed by atoms with E-state index in [2.05, 4.69) is 21.1 Å². The summed E-state index contributed by atoms with van der Waals surface area (Å²) >= 11 is 3.37. The number of Topliss-reactive ketones (excluding diaryl/α,β-unsaturated/α-hetero) is 1. The smallest absolute Gasteiger partial charge is 0.301 e. The number of aromatic nitrogens is 1. The van der Waals surface area contributed by atoms with Gasteiger partial charge in [-0.3, -0.25) is 14.5 Å². The molecule has 0 aliphatic carbocycles. The van der Waals surface area contributed by atoms with E-state index in [-0.39, 0.29) is 22.6 Å². The third-order valence-electron chi connectivity index (χ3n) is 5.55. The maximum Gasteiger partial charge on any atom is 0.301 e. The molecule has 4 rings (SSSR count). The summed E-state index contributed by atoms with van der Waals surface area (Å²) in [4.78, 5) is 27.7. The van der Waals surface area contributed by atoms with Crippen LogP contribution in [-0.2, 0) is 15.0 Å². The van der Waals surface area contributed by atoms with E-state index >= 15 is 0 Å². The number of hydrogen-bond acceptors (Lipinski definition) is 6. The van der Waals surface area contributed by atoms with E-state index in [1.807, 2.05) is 27.7 Å². The molecule has 1 fully saturated rings. The molecule has 1 amide bonds. The topological polar surface area (TPSA) is 92.9 Å². The second-order valence-electron chi connectivity index (χ2n) is 8.98. The fourth-order valence-electron chi connectivity index (χ4n) is 3.79. The number of nitrogens with zero attached hydrogens (tertiary/aromatic N) is 2. The standard InChI is InChI=1S/C26H25BrN2O5/c1-5-33-18-12-8-15(9-13-18)22-21(23(30)16-6-10-17(27)11-7-16)24(31)25(32)29(22)20-14-19(34-28-20)26(2,3)4/h6-14,22,30H,5H2,1-4H3/t22-/m1/s1. The Balaban J connectivity index is 1.89. The third-order valence-corrected chi connectivity index (χ3v) is 6.08. The predicted octanol–water partition coefficient (Wildman–Crippen LogP) is 5.76. The maximum atomic E-state index is 13.2. The van der Waals surface area contributed by atoms with Crippen LogP contribution >= 0.6 is 15.9 Å². The number of benzene rings is 2. The van der Waals surface area contributed by atoms with E-state index < -0.39 is 17.7 Å². The van der Waals surface area contributed by atoms with Gasteiger partial charge in [0.15, 0.2) is 5.82 Å². The number of carbonyl (C=O) groups excluding carboxylic acids is 2. The molecule has 7 nitrogen and oxygen atoms in total. The van der Waals surface area contributed by atoms with Crippen LogP contribution < -0.4 is 9.64 Å². The summed E-state index contributed by atoms with van der Waals surface area (Å²) in [5, 5.41) is 15.3. The average Bonchev–Trinajstić information content (AvgIpc) is 3.38. The molecule has 1 atom stereocenters. The highest BCUT2D eigenvalue weighted by Gasteiger charge is 2.48. The summed E-state index contributed by atoms with van der Waals surface area (Å²) in [6, 6.07) is 14.7. The lowest BCUT2D eigenvalue weighted by Crippen LogP contribution is -2.29. The summed E-state index contributed by atoms with van der Waals surface area (Å²) in [6.45, 7) is 8.28. The molecule has 2 heterocycles. The Labute approximate surface area is 206 Å². The Morgan fingerprint density at radius 1 is 1.12 bits per heavy atom. The van der Waals surface area contributed by atoms with Gasteiger partial charge in [-0.1, -0.05) is 66.1 Å². The van der Waals surface area contributed by atoms with E-state index in [1.54, 1.807) is 54.6 Å². The number of amides is 1. The Kier molecular flexibility index (Phi) is 6.36. The fourth-order valence-corrected chi connectivity index (χ4v) is 4.06. The van der Waals surface area contributed by atoms with Crippen LogP contribution in [0.15, 0.2) is 69.2 Å². The molecule has 176 valence electrons. The first-order valence-electron chi connectivity index (χ1n) is 10.9. The van der Waals surface area contributed by atoms with Crippen LogP contribution in [0.4, 0.5) is 5.82 Å². The lowest BCUT2D eigenvalue weighted by Gasteiger charge is -2.23. The Morgan fingerprint density at radius 3 is 2.32 bits per heavy atom. The number of carbonyl (C=O) groups is 2. The molecular formula is C26H25BrN2O5. The van der Waals surface area contributed by atoms with Crippen molar-refractivity contribution in [1.82, 2.24) is 5.16 Å². The minimum absolute atomic E-state index is 0.0169.